The molecule has 0 N–H and O–H groups in total. The number of nitrogens with zero attached hydrogens (tertiary/aromatic N) is 3. The van der Waals surface area contributed by atoms with E-state index in [2.05, 4.69) is 11.1 Å². The van der Waals surface area contributed by atoms with Crippen LogP contribution in [-0.2, 0) is 14.3 Å². The monoisotopic (exact) mass is 451 g/mol. The Balaban J connectivity index is 1.82. The first-order valence-corrected chi connectivity index (χ1v) is 11.0. The number of ketones is 1. The molecule has 3 aliphatic rings. The molecule has 33 heavy (non-hydrogen) atoms. The summed E-state index contributed by atoms with van der Waals surface area (Å²) in [6, 6.07) is 7.72. The predicted octanol–water partition coefficient (Wildman–Crippen LogP) is 3.56. The lowest BCUT2D eigenvalue weighted by atomic mass is 9.70. The molecule has 1 aromatic carbocycles. The first kappa shape index (κ1) is 22.9. The highest BCUT2D eigenvalue weighted by molar-refractivity contribution is 6.00. The van der Waals surface area contributed by atoms with Gasteiger partial charge in [-0.1, -0.05) is 19.9 Å². The molecule has 0 spiro atoms. The van der Waals surface area contributed by atoms with E-state index in [9.17, 15) is 10.1 Å². The molecule has 0 saturated carbocycles. The third kappa shape index (κ3) is 4.60. The summed E-state index contributed by atoms with van der Waals surface area (Å²) >= 11 is 0. The second kappa shape index (κ2) is 9.28. The summed E-state index contributed by atoms with van der Waals surface area (Å²) in [4.78, 5) is 19.9. The molecule has 0 amide bonds. The van der Waals surface area contributed by atoms with Gasteiger partial charge in [0.15, 0.2) is 17.3 Å². The predicted molar refractivity (Wildman–Crippen MR) is 122 cm³/mol. The van der Waals surface area contributed by atoms with Crippen LogP contribution in [0.25, 0.3) is 0 Å². The molecule has 8 nitrogen and oxygen atoms in total. The van der Waals surface area contributed by atoms with Crippen LogP contribution < -0.4 is 9.47 Å². The quantitative estimate of drug-likeness (QED) is 0.499. The number of aliphatic imine (C=N–C) groups is 1. The number of carbonyl (C=O) groups is 1. The Bertz CT molecular complexity index is 1070. The van der Waals surface area contributed by atoms with Crippen molar-refractivity contribution in [2.45, 2.75) is 32.6 Å². The minimum Gasteiger partial charge on any atom is -0.493 e. The van der Waals surface area contributed by atoms with Crippen LogP contribution >= 0.6 is 0 Å². The van der Waals surface area contributed by atoms with Gasteiger partial charge in [0.05, 0.1) is 39.7 Å². The number of morpholine rings is 1. The first-order valence-electron chi connectivity index (χ1n) is 11.0. The number of hydrogen-bond acceptors (Lipinski definition) is 7. The SMILES string of the molecule is COc1ccc([C@H]2C(C#N)=C(N=CN3CCOCC3)OC3=C2C(=O)CC(C)(C)C3)cc1OC. The maximum Gasteiger partial charge on any atom is 0.235 e. The summed E-state index contributed by atoms with van der Waals surface area (Å²) in [6.45, 7) is 6.79. The van der Waals surface area contributed by atoms with E-state index in [0.29, 0.717) is 54.5 Å². The molecule has 0 unspecified atom stereocenters. The van der Waals surface area contributed by atoms with Gasteiger partial charge in [0.2, 0.25) is 5.88 Å². The van der Waals surface area contributed by atoms with Crippen LogP contribution in [0.15, 0.2) is 46.0 Å². The van der Waals surface area contributed by atoms with Gasteiger partial charge < -0.3 is 23.8 Å². The molecule has 0 aromatic heterocycles. The van der Waals surface area contributed by atoms with Crippen LogP contribution in [0.4, 0.5) is 0 Å². The van der Waals surface area contributed by atoms with Gasteiger partial charge in [-0.05, 0) is 23.1 Å². The van der Waals surface area contributed by atoms with Crippen molar-refractivity contribution in [3.8, 4) is 17.6 Å². The molecule has 0 bridgehead atoms. The third-order valence-electron chi connectivity index (χ3n) is 6.15. The van der Waals surface area contributed by atoms with E-state index in [1.165, 1.54) is 0 Å². The second-order valence-corrected chi connectivity index (χ2v) is 9.15. The maximum absolute atomic E-state index is 13.3. The minimum absolute atomic E-state index is 0.00927. The Kier molecular flexibility index (Phi) is 6.43. The fourth-order valence-electron chi connectivity index (χ4n) is 4.53. The number of carbonyl (C=O) groups excluding carboxylic acids is 1. The zero-order chi connectivity index (χ0) is 23.6. The molecule has 1 aliphatic carbocycles. The molecule has 8 heteroatoms. The smallest absolute Gasteiger partial charge is 0.235 e. The van der Waals surface area contributed by atoms with Crippen LogP contribution in [0.1, 0.15) is 38.2 Å². The fourth-order valence-corrected chi connectivity index (χ4v) is 4.53. The Hall–Kier alpha value is -3.31. The molecule has 4 rings (SSSR count). The van der Waals surface area contributed by atoms with Gasteiger partial charge in [0.1, 0.15) is 17.4 Å². The zero-order valence-corrected chi connectivity index (χ0v) is 19.5. The molecule has 1 saturated heterocycles. The van der Waals surface area contributed by atoms with Crippen molar-refractivity contribution in [1.29, 1.82) is 5.26 Å². The van der Waals surface area contributed by atoms with Crippen molar-refractivity contribution >= 4 is 12.1 Å². The molecule has 1 atom stereocenters. The Labute approximate surface area is 194 Å². The zero-order valence-electron chi connectivity index (χ0n) is 19.5. The topological polar surface area (TPSA) is 93.4 Å². The van der Waals surface area contributed by atoms with Crippen LogP contribution in [0.3, 0.4) is 0 Å². The van der Waals surface area contributed by atoms with Gasteiger partial charge in [0, 0.05) is 31.5 Å². The van der Waals surface area contributed by atoms with E-state index < -0.39 is 5.92 Å². The highest BCUT2D eigenvalue weighted by Crippen LogP contribution is 2.49. The van der Waals surface area contributed by atoms with E-state index in [1.54, 1.807) is 26.6 Å². The van der Waals surface area contributed by atoms with E-state index in [1.807, 2.05) is 30.9 Å². The van der Waals surface area contributed by atoms with Gasteiger partial charge in [-0.15, -0.1) is 0 Å². The fraction of sp³-hybridized carbons (Fsp3) is 0.480. The summed E-state index contributed by atoms with van der Waals surface area (Å²) in [6.07, 6.45) is 2.68. The number of ether oxygens (including phenoxy) is 4. The summed E-state index contributed by atoms with van der Waals surface area (Å²) in [5.41, 5.74) is 1.36. The lowest BCUT2D eigenvalue weighted by Gasteiger charge is -2.37. The summed E-state index contributed by atoms with van der Waals surface area (Å²) in [7, 11) is 3.13. The molecule has 174 valence electrons. The van der Waals surface area contributed by atoms with Gasteiger partial charge in [-0.3, -0.25) is 4.79 Å². The Morgan fingerprint density at radius 1 is 1.18 bits per heavy atom. The molecule has 2 heterocycles. The van der Waals surface area contributed by atoms with Crippen LogP contribution in [0.5, 0.6) is 11.5 Å². The van der Waals surface area contributed by atoms with Crippen LogP contribution in [0.2, 0.25) is 0 Å². The average molecular weight is 452 g/mol. The number of methoxy groups -OCH3 is 2. The molecule has 1 fully saturated rings. The van der Waals surface area contributed by atoms with Crippen molar-refractivity contribution in [3.05, 3.63) is 46.6 Å². The lowest BCUT2D eigenvalue weighted by molar-refractivity contribution is -0.119. The number of hydrogen-bond donors (Lipinski definition) is 0. The van der Waals surface area contributed by atoms with E-state index in [-0.39, 0.29) is 17.1 Å². The molecule has 2 aliphatic heterocycles. The van der Waals surface area contributed by atoms with Crippen LogP contribution in [-0.4, -0.2) is 57.5 Å². The van der Waals surface area contributed by atoms with Crippen molar-refractivity contribution < 1.29 is 23.7 Å². The number of allylic oxidation sites excluding steroid dienone is 3. The maximum atomic E-state index is 13.3. The molecule has 1 aromatic rings. The number of rotatable bonds is 5. The molecular formula is C25H29N3O5. The standard InChI is InChI=1S/C25H29N3O5/c1-25(2)12-18(29)23-21(13-25)33-24(27-15-28-7-9-32-10-8-28)17(14-26)22(23)16-5-6-19(30-3)20(11-16)31-4/h5-6,11,15,22H,7-10,12-13H2,1-4H3/t22-/m0/s1. The molecular weight excluding hydrogens is 422 g/mol. The third-order valence-corrected chi connectivity index (χ3v) is 6.15. The van der Waals surface area contributed by atoms with E-state index >= 15 is 0 Å². The van der Waals surface area contributed by atoms with Crippen molar-refractivity contribution in [3.63, 3.8) is 0 Å². The Morgan fingerprint density at radius 3 is 2.58 bits per heavy atom. The second-order valence-electron chi connectivity index (χ2n) is 9.15. The first-order chi connectivity index (χ1) is 15.9. The summed E-state index contributed by atoms with van der Waals surface area (Å²) in [5.74, 6) is 1.33. The van der Waals surface area contributed by atoms with Crippen molar-refractivity contribution in [1.82, 2.24) is 4.90 Å². The Morgan fingerprint density at radius 2 is 1.91 bits per heavy atom. The van der Waals surface area contributed by atoms with Gasteiger partial charge >= 0.3 is 0 Å². The summed E-state index contributed by atoms with van der Waals surface area (Å²) < 4.78 is 22.4. The van der Waals surface area contributed by atoms with Gasteiger partial charge in [-0.2, -0.15) is 5.26 Å². The highest BCUT2D eigenvalue weighted by Gasteiger charge is 2.43. The van der Waals surface area contributed by atoms with Gasteiger partial charge in [0.25, 0.3) is 0 Å². The highest BCUT2D eigenvalue weighted by atomic mass is 16.5. The van der Waals surface area contributed by atoms with Gasteiger partial charge in [-0.25, -0.2) is 4.99 Å². The average Bonchev–Trinajstić information content (AvgIpc) is 2.81. The number of nitriles is 1. The van der Waals surface area contributed by atoms with E-state index in [4.69, 9.17) is 18.9 Å². The largest absolute Gasteiger partial charge is 0.493 e. The van der Waals surface area contributed by atoms with Crippen molar-refractivity contribution in [2.75, 3.05) is 40.5 Å². The van der Waals surface area contributed by atoms with Crippen LogP contribution in [0, 0.1) is 16.7 Å². The lowest BCUT2D eigenvalue weighted by Crippen LogP contribution is -2.35. The minimum atomic E-state index is -0.584. The van der Waals surface area contributed by atoms with Crippen molar-refractivity contribution in [2.24, 2.45) is 10.4 Å². The normalized spacial score (nSPS) is 22.7. The number of benzene rings is 1. The summed E-state index contributed by atoms with van der Waals surface area (Å²) in [5, 5.41) is 10.2. The van der Waals surface area contributed by atoms with E-state index in [0.717, 1.165) is 18.7 Å². The molecule has 0 radical (unpaired) electrons. The number of Topliss-reactive ketones (excluding diaryl/α,β-unsaturated/α-hetero) is 1.